The highest BCUT2D eigenvalue weighted by Gasteiger charge is 2.19. The Hall–Kier alpha value is -3.93. The number of anilines is 1. The molecule has 0 aliphatic heterocycles. The number of aromatic nitrogens is 3. The quantitative estimate of drug-likeness (QED) is 0.377. The molecule has 0 saturated carbocycles. The minimum absolute atomic E-state index is 0.0174. The van der Waals surface area contributed by atoms with Crippen molar-refractivity contribution in [3.63, 3.8) is 0 Å². The molecule has 0 bridgehead atoms. The summed E-state index contributed by atoms with van der Waals surface area (Å²) in [5, 5.41) is 7.58. The lowest BCUT2D eigenvalue weighted by molar-refractivity contribution is -0.117. The summed E-state index contributed by atoms with van der Waals surface area (Å²) in [6.07, 6.45) is 0.729. The third-order valence-corrected chi connectivity index (χ3v) is 5.48. The summed E-state index contributed by atoms with van der Waals surface area (Å²) in [6, 6.07) is 25.9. The molecule has 0 aliphatic rings. The first-order valence-corrected chi connectivity index (χ1v) is 11.2. The molecule has 1 unspecified atom stereocenters. The summed E-state index contributed by atoms with van der Waals surface area (Å²) in [7, 11) is 0. The number of nitrogens with zero attached hydrogens (tertiary/aromatic N) is 3. The zero-order valence-electron chi connectivity index (χ0n) is 19.2. The van der Waals surface area contributed by atoms with E-state index in [4.69, 9.17) is 4.74 Å². The molecule has 0 radical (unpaired) electrons. The van der Waals surface area contributed by atoms with Crippen molar-refractivity contribution in [2.75, 3.05) is 11.9 Å². The summed E-state index contributed by atoms with van der Waals surface area (Å²) in [6.45, 7) is 6.47. The van der Waals surface area contributed by atoms with Crippen LogP contribution in [0.3, 0.4) is 0 Å². The van der Waals surface area contributed by atoms with Crippen molar-refractivity contribution in [3.8, 4) is 23.1 Å². The maximum absolute atomic E-state index is 12.9. The Kier molecular flexibility index (Phi) is 6.83. The third-order valence-electron chi connectivity index (χ3n) is 5.48. The predicted molar refractivity (Wildman–Crippen MR) is 131 cm³/mol. The number of carbonyl (C=O) groups is 1. The molecular weight excluding hydrogens is 412 g/mol. The molecule has 0 fully saturated rings. The molecule has 33 heavy (non-hydrogen) atoms. The van der Waals surface area contributed by atoms with Crippen molar-refractivity contribution < 1.29 is 9.53 Å². The SMILES string of the molecule is CCOc1nc(-c2ccc(C)cc2)n(-c2ccc(NC(=O)C(CC)c3ccccc3)cc2)n1. The molecule has 3 aromatic carbocycles. The van der Waals surface area contributed by atoms with Crippen LogP contribution in [0, 0.1) is 6.92 Å². The standard InChI is InChI=1S/C27H28N4O2/c1-4-24(20-9-7-6-8-10-20)26(32)28-22-15-17-23(18-16-22)31-25(29-27(30-31)33-5-2)21-13-11-19(3)12-14-21/h6-18,24H,4-5H2,1-3H3,(H,28,32). The van der Waals surface area contributed by atoms with E-state index >= 15 is 0 Å². The zero-order valence-corrected chi connectivity index (χ0v) is 19.2. The Morgan fingerprint density at radius 3 is 2.30 bits per heavy atom. The van der Waals surface area contributed by atoms with Crippen molar-refractivity contribution >= 4 is 11.6 Å². The van der Waals surface area contributed by atoms with Gasteiger partial charge in [0, 0.05) is 11.3 Å². The van der Waals surface area contributed by atoms with Crippen molar-refractivity contribution in [1.29, 1.82) is 0 Å². The normalized spacial score (nSPS) is 11.7. The summed E-state index contributed by atoms with van der Waals surface area (Å²) in [4.78, 5) is 17.5. The van der Waals surface area contributed by atoms with Gasteiger partial charge in [-0.1, -0.05) is 67.1 Å². The van der Waals surface area contributed by atoms with Gasteiger partial charge < -0.3 is 10.1 Å². The summed E-state index contributed by atoms with van der Waals surface area (Å²) < 4.78 is 7.31. The molecule has 6 nitrogen and oxygen atoms in total. The minimum Gasteiger partial charge on any atom is -0.463 e. The van der Waals surface area contributed by atoms with Gasteiger partial charge in [-0.25, -0.2) is 4.68 Å². The first kappa shape index (κ1) is 22.3. The molecule has 4 aromatic rings. The van der Waals surface area contributed by atoms with E-state index in [1.165, 1.54) is 5.56 Å². The van der Waals surface area contributed by atoms with Crippen LogP contribution in [-0.4, -0.2) is 27.3 Å². The number of nitrogens with one attached hydrogen (secondary N) is 1. The van der Waals surface area contributed by atoms with Crippen LogP contribution in [0.5, 0.6) is 6.01 Å². The fraction of sp³-hybridized carbons (Fsp3) is 0.222. The monoisotopic (exact) mass is 440 g/mol. The highest BCUT2D eigenvalue weighted by atomic mass is 16.5. The minimum atomic E-state index is -0.192. The van der Waals surface area contributed by atoms with Gasteiger partial charge in [0.05, 0.1) is 18.2 Å². The second-order valence-corrected chi connectivity index (χ2v) is 7.84. The van der Waals surface area contributed by atoms with Crippen LogP contribution in [0.1, 0.15) is 37.3 Å². The number of aryl methyl sites for hydroxylation is 1. The van der Waals surface area contributed by atoms with E-state index in [1.807, 2.05) is 99.6 Å². The number of hydrogen-bond donors (Lipinski definition) is 1. The van der Waals surface area contributed by atoms with Gasteiger partial charge in [0.1, 0.15) is 0 Å². The van der Waals surface area contributed by atoms with E-state index < -0.39 is 0 Å². The highest BCUT2D eigenvalue weighted by Crippen LogP contribution is 2.26. The van der Waals surface area contributed by atoms with Crippen LogP contribution >= 0.6 is 0 Å². The second-order valence-electron chi connectivity index (χ2n) is 7.84. The maximum Gasteiger partial charge on any atom is 0.336 e. The van der Waals surface area contributed by atoms with E-state index in [2.05, 4.69) is 15.4 Å². The largest absolute Gasteiger partial charge is 0.463 e. The van der Waals surface area contributed by atoms with Crippen LogP contribution in [0.15, 0.2) is 78.9 Å². The number of amides is 1. The average molecular weight is 441 g/mol. The van der Waals surface area contributed by atoms with E-state index in [-0.39, 0.29) is 11.8 Å². The Bertz CT molecular complexity index is 1200. The van der Waals surface area contributed by atoms with Gasteiger partial charge in [-0.15, -0.1) is 5.10 Å². The fourth-order valence-electron chi connectivity index (χ4n) is 3.73. The molecule has 168 valence electrons. The molecule has 6 heteroatoms. The van der Waals surface area contributed by atoms with Crippen LogP contribution in [-0.2, 0) is 4.79 Å². The zero-order chi connectivity index (χ0) is 23.2. The highest BCUT2D eigenvalue weighted by molar-refractivity contribution is 5.95. The van der Waals surface area contributed by atoms with Gasteiger partial charge in [-0.05, 0) is 50.1 Å². The summed E-state index contributed by atoms with van der Waals surface area (Å²) in [5.41, 5.74) is 4.71. The molecular formula is C27H28N4O2. The molecule has 1 amide bonds. The van der Waals surface area contributed by atoms with Crippen molar-refractivity contribution in [3.05, 3.63) is 90.0 Å². The number of benzene rings is 3. The van der Waals surface area contributed by atoms with E-state index in [1.54, 1.807) is 4.68 Å². The lowest BCUT2D eigenvalue weighted by Crippen LogP contribution is -2.20. The Morgan fingerprint density at radius 2 is 1.67 bits per heavy atom. The number of rotatable bonds is 8. The lowest BCUT2D eigenvalue weighted by atomic mass is 9.95. The van der Waals surface area contributed by atoms with E-state index in [0.29, 0.717) is 18.4 Å². The summed E-state index contributed by atoms with van der Waals surface area (Å²) >= 11 is 0. The first-order chi connectivity index (χ1) is 16.1. The molecule has 1 heterocycles. The Morgan fingerprint density at radius 1 is 0.970 bits per heavy atom. The van der Waals surface area contributed by atoms with Crippen LogP contribution in [0.4, 0.5) is 5.69 Å². The Balaban J connectivity index is 1.58. The van der Waals surface area contributed by atoms with Gasteiger partial charge >= 0.3 is 6.01 Å². The molecule has 1 atom stereocenters. The van der Waals surface area contributed by atoms with Gasteiger partial charge in [0.15, 0.2) is 5.82 Å². The van der Waals surface area contributed by atoms with Gasteiger partial charge in [-0.2, -0.15) is 4.98 Å². The van der Waals surface area contributed by atoms with Crippen molar-refractivity contribution in [1.82, 2.24) is 14.8 Å². The van der Waals surface area contributed by atoms with Crippen LogP contribution in [0.25, 0.3) is 17.1 Å². The number of ether oxygens (including phenoxy) is 1. The molecule has 4 rings (SSSR count). The smallest absolute Gasteiger partial charge is 0.336 e. The van der Waals surface area contributed by atoms with Crippen molar-refractivity contribution in [2.45, 2.75) is 33.1 Å². The summed E-state index contributed by atoms with van der Waals surface area (Å²) in [5.74, 6) is 0.490. The van der Waals surface area contributed by atoms with Gasteiger partial charge in [0.2, 0.25) is 5.91 Å². The number of hydrogen-bond acceptors (Lipinski definition) is 4. The molecule has 0 saturated heterocycles. The van der Waals surface area contributed by atoms with Crippen molar-refractivity contribution in [2.24, 2.45) is 0 Å². The van der Waals surface area contributed by atoms with Crippen LogP contribution in [0.2, 0.25) is 0 Å². The lowest BCUT2D eigenvalue weighted by Gasteiger charge is -2.15. The molecule has 0 spiro atoms. The molecule has 1 N–H and O–H groups in total. The average Bonchev–Trinajstić information content (AvgIpc) is 3.25. The Labute approximate surface area is 194 Å². The maximum atomic E-state index is 12.9. The molecule has 0 aliphatic carbocycles. The molecule has 1 aromatic heterocycles. The van der Waals surface area contributed by atoms with E-state index in [0.717, 1.165) is 28.9 Å². The predicted octanol–water partition coefficient (Wildman–Crippen LogP) is 5.77. The second kappa shape index (κ2) is 10.1. The van der Waals surface area contributed by atoms with Gasteiger partial charge in [0.25, 0.3) is 0 Å². The first-order valence-electron chi connectivity index (χ1n) is 11.2. The third kappa shape index (κ3) is 5.12. The topological polar surface area (TPSA) is 69.0 Å². The van der Waals surface area contributed by atoms with Crippen LogP contribution < -0.4 is 10.1 Å². The van der Waals surface area contributed by atoms with E-state index in [9.17, 15) is 4.79 Å². The fourth-order valence-corrected chi connectivity index (χ4v) is 3.73. The number of carbonyl (C=O) groups excluding carboxylic acids is 1. The van der Waals surface area contributed by atoms with Gasteiger partial charge in [-0.3, -0.25) is 4.79 Å².